The molecule has 0 saturated heterocycles. The van der Waals surface area contributed by atoms with Crippen LogP contribution >= 0.6 is 15.9 Å². The summed E-state index contributed by atoms with van der Waals surface area (Å²) < 4.78 is 37.3. The summed E-state index contributed by atoms with van der Waals surface area (Å²) in [5.41, 5.74) is 0.585. The lowest BCUT2D eigenvalue weighted by atomic mass is 10.1. The minimum absolute atomic E-state index is 0.109. The third-order valence-electron chi connectivity index (χ3n) is 3.91. The van der Waals surface area contributed by atoms with E-state index in [9.17, 15) is 22.7 Å². The number of carbonyl (C=O) groups is 1. The molecule has 22 heavy (non-hydrogen) atoms. The second-order valence-corrected chi connectivity index (χ2v) is 8.69. The maximum absolute atomic E-state index is 13.6. The molecule has 1 aromatic carbocycles. The Bertz CT molecular complexity index is 846. The number of sulfone groups is 1. The third-order valence-corrected chi connectivity index (χ3v) is 6.54. The fourth-order valence-electron chi connectivity index (χ4n) is 2.16. The molecule has 0 aliphatic heterocycles. The number of nitrogens with zero attached hydrogens (tertiary/aromatic N) is 1. The van der Waals surface area contributed by atoms with Crippen LogP contribution in [0.2, 0.25) is 0 Å². The number of fused-ring (bicyclic) bond motifs is 1. The van der Waals surface area contributed by atoms with Crippen LogP contribution in [0.3, 0.4) is 0 Å². The van der Waals surface area contributed by atoms with Gasteiger partial charge in [-0.15, -0.1) is 0 Å². The van der Waals surface area contributed by atoms with Crippen molar-refractivity contribution >= 4 is 42.6 Å². The van der Waals surface area contributed by atoms with Crippen LogP contribution < -0.4 is 0 Å². The minimum atomic E-state index is -3.78. The first-order chi connectivity index (χ1) is 10.1. The number of benzene rings is 1. The highest BCUT2D eigenvalue weighted by Crippen LogP contribution is 2.27. The van der Waals surface area contributed by atoms with E-state index in [2.05, 4.69) is 15.9 Å². The van der Waals surface area contributed by atoms with E-state index in [0.29, 0.717) is 9.99 Å². The van der Waals surface area contributed by atoms with Gasteiger partial charge in [-0.2, -0.15) is 0 Å². The van der Waals surface area contributed by atoms with Gasteiger partial charge < -0.3 is 9.67 Å². The zero-order chi connectivity index (χ0) is 16.7. The van der Waals surface area contributed by atoms with Crippen molar-refractivity contribution < 1.29 is 22.7 Å². The summed E-state index contributed by atoms with van der Waals surface area (Å²) in [5.74, 6) is -1.82. The van der Waals surface area contributed by atoms with E-state index in [0.717, 1.165) is 11.6 Å². The van der Waals surface area contributed by atoms with Crippen molar-refractivity contribution in [3.8, 4) is 0 Å². The Kier molecular flexibility index (Phi) is 4.36. The number of hydrogen-bond donors (Lipinski definition) is 1. The SMILES string of the molecule is CC(CCn1ccc2cc(Br)c(F)cc21)(C(=O)O)S(C)(=O)=O. The van der Waals surface area contributed by atoms with Gasteiger partial charge in [-0.1, -0.05) is 0 Å². The molecular weight excluding hydrogens is 377 g/mol. The molecule has 0 bridgehead atoms. The number of carboxylic acid groups (broad SMARTS) is 1. The summed E-state index contributed by atoms with van der Waals surface area (Å²) in [4.78, 5) is 11.3. The zero-order valence-corrected chi connectivity index (χ0v) is 14.4. The van der Waals surface area contributed by atoms with Gasteiger partial charge in [-0.25, -0.2) is 12.8 Å². The number of aryl methyl sites for hydroxylation is 1. The molecule has 1 heterocycles. The van der Waals surface area contributed by atoms with Crippen molar-refractivity contribution in [2.24, 2.45) is 0 Å². The molecule has 2 aromatic rings. The molecular formula is C14H15BrFNO4S. The Balaban J connectivity index is 2.36. The number of aromatic nitrogens is 1. The summed E-state index contributed by atoms with van der Waals surface area (Å²) in [7, 11) is -3.78. The summed E-state index contributed by atoms with van der Waals surface area (Å²) in [5, 5.41) is 10.0. The molecule has 1 unspecified atom stereocenters. The molecule has 0 amide bonds. The summed E-state index contributed by atoms with van der Waals surface area (Å²) in [6.07, 6.45) is 2.48. The quantitative estimate of drug-likeness (QED) is 0.849. The number of aliphatic carboxylic acids is 1. The molecule has 0 saturated carbocycles. The smallest absolute Gasteiger partial charge is 0.324 e. The molecule has 2 rings (SSSR count). The lowest BCUT2D eigenvalue weighted by molar-refractivity contribution is -0.139. The fourth-order valence-corrected chi connectivity index (χ4v) is 3.30. The van der Waals surface area contributed by atoms with Crippen molar-refractivity contribution in [2.75, 3.05) is 6.26 Å². The average molecular weight is 392 g/mol. The Morgan fingerprint density at radius 2 is 2.09 bits per heavy atom. The van der Waals surface area contributed by atoms with Gasteiger partial charge >= 0.3 is 5.97 Å². The van der Waals surface area contributed by atoms with Gasteiger partial charge in [0.2, 0.25) is 0 Å². The molecule has 0 aliphatic rings. The summed E-state index contributed by atoms with van der Waals surface area (Å²) in [6, 6.07) is 4.71. The Morgan fingerprint density at radius 1 is 1.45 bits per heavy atom. The topological polar surface area (TPSA) is 76.4 Å². The number of carboxylic acids is 1. The summed E-state index contributed by atoms with van der Waals surface area (Å²) >= 11 is 3.10. The van der Waals surface area contributed by atoms with E-state index < -0.39 is 26.4 Å². The van der Waals surface area contributed by atoms with Crippen LogP contribution in [0.15, 0.2) is 28.9 Å². The van der Waals surface area contributed by atoms with Crippen LogP contribution in [-0.2, 0) is 21.2 Å². The first-order valence-corrected chi connectivity index (χ1v) is 9.11. The van der Waals surface area contributed by atoms with Gasteiger partial charge in [-0.3, -0.25) is 4.79 Å². The molecule has 120 valence electrons. The zero-order valence-electron chi connectivity index (χ0n) is 12.0. The lowest BCUT2D eigenvalue weighted by Crippen LogP contribution is -2.43. The van der Waals surface area contributed by atoms with Gasteiger partial charge in [0.05, 0.1) is 9.99 Å². The maximum Gasteiger partial charge on any atom is 0.324 e. The second-order valence-electron chi connectivity index (χ2n) is 5.39. The first-order valence-electron chi connectivity index (χ1n) is 6.43. The van der Waals surface area contributed by atoms with Crippen molar-refractivity contribution in [3.63, 3.8) is 0 Å². The van der Waals surface area contributed by atoms with E-state index in [1.807, 2.05) is 0 Å². The van der Waals surface area contributed by atoms with Gasteiger partial charge in [0.15, 0.2) is 14.6 Å². The normalized spacial score (nSPS) is 14.9. The van der Waals surface area contributed by atoms with Crippen LogP contribution in [0.4, 0.5) is 4.39 Å². The molecule has 0 aliphatic carbocycles. The average Bonchev–Trinajstić information content (AvgIpc) is 2.77. The Hall–Kier alpha value is -1.41. The molecule has 1 aromatic heterocycles. The van der Waals surface area contributed by atoms with E-state index >= 15 is 0 Å². The van der Waals surface area contributed by atoms with Gasteiger partial charge in [-0.05, 0) is 47.5 Å². The monoisotopic (exact) mass is 391 g/mol. The molecule has 0 fully saturated rings. The molecule has 8 heteroatoms. The third kappa shape index (κ3) is 2.89. The van der Waals surface area contributed by atoms with Gasteiger partial charge in [0, 0.05) is 24.4 Å². The van der Waals surface area contributed by atoms with Crippen LogP contribution in [0, 0.1) is 5.82 Å². The number of rotatable bonds is 5. The predicted molar refractivity (Wildman–Crippen MR) is 85.1 cm³/mol. The standard InChI is InChI=1S/C14H15BrFNO4S/c1-14(13(18)19,22(2,20)21)4-6-17-5-3-9-7-10(15)11(16)8-12(9)17/h3,5,7-8H,4,6H2,1-2H3,(H,18,19). The molecule has 1 N–H and O–H groups in total. The highest BCUT2D eigenvalue weighted by Gasteiger charge is 2.43. The fraction of sp³-hybridized carbons (Fsp3) is 0.357. The highest BCUT2D eigenvalue weighted by molar-refractivity contribution is 9.10. The van der Waals surface area contributed by atoms with E-state index in [4.69, 9.17) is 0 Å². The van der Waals surface area contributed by atoms with Crippen LogP contribution in [0.1, 0.15) is 13.3 Å². The number of hydrogen-bond acceptors (Lipinski definition) is 3. The molecule has 0 spiro atoms. The Morgan fingerprint density at radius 3 is 2.64 bits per heavy atom. The number of halogens is 2. The van der Waals surface area contributed by atoms with Crippen molar-refractivity contribution in [1.29, 1.82) is 0 Å². The van der Waals surface area contributed by atoms with Crippen molar-refractivity contribution in [2.45, 2.75) is 24.6 Å². The van der Waals surface area contributed by atoms with E-state index in [1.54, 1.807) is 22.9 Å². The van der Waals surface area contributed by atoms with Crippen molar-refractivity contribution in [3.05, 3.63) is 34.7 Å². The predicted octanol–water partition coefficient (Wildman–Crippen LogP) is 2.82. The van der Waals surface area contributed by atoms with Crippen molar-refractivity contribution in [1.82, 2.24) is 4.57 Å². The van der Waals surface area contributed by atoms with Crippen LogP contribution in [0.25, 0.3) is 10.9 Å². The molecule has 1 atom stereocenters. The molecule has 5 nitrogen and oxygen atoms in total. The van der Waals surface area contributed by atoms with E-state index in [1.165, 1.54) is 13.0 Å². The van der Waals surface area contributed by atoms with E-state index in [-0.39, 0.29) is 13.0 Å². The maximum atomic E-state index is 13.6. The van der Waals surface area contributed by atoms with Crippen LogP contribution in [0.5, 0.6) is 0 Å². The minimum Gasteiger partial charge on any atom is -0.480 e. The largest absolute Gasteiger partial charge is 0.480 e. The van der Waals surface area contributed by atoms with Gasteiger partial charge in [0.1, 0.15) is 5.82 Å². The first kappa shape index (κ1) is 17.0. The van der Waals surface area contributed by atoms with Gasteiger partial charge in [0.25, 0.3) is 0 Å². The summed E-state index contributed by atoms with van der Waals surface area (Å²) in [6.45, 7) is 1.34. The molecule has 0 radical (unpaired) electrons. The lowest BCUT2D eigenvalue weighted by Gasteiger charge is -2.23. The second kappa shape index (κ2) is 5.66. The highest BCUT2D eigenvalue weighted by atomic mass is 79.9. The van der Waals surface area contributed by atoms with Crippen LogP contribution in [-0.4, -0.2) is 35.1 Å². The Labute approximate surface area is 135 Å².